The maximum Gasteiger partial charge on any atom is 0.322 e. The van der Waals surface area contributed by atoms with Crippen LogP contribution in [-0.4, -0.2) is 24.3 Å². The topological polar surface area (TPSA) is 59.7 Å². The standard InChI is InChI=1S/C13H12O4/c1-8-9-4-2-3-5-10(9)17-11(8)13(12(14)15)6-16-7-13/h2-5H,6-7H2,1H3,(H,14,15). The van der Waals surface area contributed by atoms with E-state index in [9.17, 15) is 9.90 Å². The van der Waals surface area contributed by atoms with Gasteiger partial charge in [-0.1, -0.05) is 18.2 Å². The van der Waals surface area contributed by atoms with Gasteiger partial charge in [0.2, 0.25) is 0 Å². The number of carboxylic acids is 1. The molecule has 88 valence electrons. The Labute approximate surface area is 97.8 Å². The van der Waals surface area contributed by atoms with E-state index in [0.29, 0.717) is 5.76 Å². The molecule has 2 heterocycles. The van der Waals surface area contributed by atoms with E-state index in [1.807, 2.05) is 31.2 Å². The van der Waals surface area contributed by atoms with Gasteiger partial charge >= 0.3 is 5.97 Å². The van der Waals surface area contributed by atoms with Gasteiger partial charge in [0, 0.05) is 5.39 Å². The van der Waals surface area contributed by atoms with Crippen LogP contribution in [0.3, 0.4) is 0 Å². The van der Waals surface area contributed by atoms with Crippen molar-refractivity contribution in [2.45, 2.75) is 12.3 Å². The Morgan fingerprint density at radius 3 is 2.59 bits per heavy atom. The van der Waals surface area contributed by atoms with E-state index in [0.717, 1.165) is 16.5 Å². The van der Waals surface area contributed by atoms with E-state index < -0.39 is 11.4 Å². The van der Waals surface area contributed by atoms with Gasteiger partial charge in [-0.2, -0.15) is 0 Å². The summed E-state index contributed by atoms with van der Waals surface area (Å²) in [5, 5.41) is 10.3. The highest BCUT2D eigenvalue weighted by molar-refractivity contribution is 5.88. The summed E-state index contributed by atoms with van der Waals surface area (Å²) >= 11 is 0. The number of carboxylic acid groups (broad SMARTS) is 1. The number of fused-ring (bicyclic) bond motifs is 1. The zero-order valence-corrected chi connectivity index (χ0v) is 9.40. The summed E-state index contributed by atoms with van der Waals surface area (Å²) in [7, 11) is 0. The lowest BCUT2D eigenvalue weighted by molar-refractivity contribution is -0.165. The molecule has 4 nitrogen and oxygen atoms in total. The quantitative estimate of drug-likeness (QED) is 0.861. The average Bonchev–Trinajstić information content (AvgIpc) is 2.56. The molecule has 1 saturated heterocycles. The number of hydrogen-bond acceptors (Lipinski definition) is 3. The first-order chi connectivity index (χ1) is 8.15. The smallest absolute Gasteiger partial charge is 0.322 e. The number of hydrogen-bond donors (Lipinski definition) is 1. The first-order valence-corrected chi connectivity index (χ1v) is 5.45. The molecule has 1 aliphatic rings. The Morgan fingerprint density at radius 2 is 2.06 bits per heavy atom. The van der Waals surface area contributed by atoms with Gasteiger partial charge in [0.15, 0.2) is 5.41 Å². The van der Waals surface area contributed by atoms with Crippen LogP contribution >= 0.6 is 0 Å². The number of para-hydroxylation sites is 1. The Hall–Kier alpha value is -1.81. The van der Waals surface area contributed by atoms with Crippen LogP contribution in [0.15, 0.2) is 28.7 Å². The van der Waals surface area contributed by atoms with Crippen molar-refractivity contribution in [1.82, 2.24) is 0 Å². The minimum absolute atomic E-state index is 0.184. The maximum atomic E-state index is 11.4. The van der Waals surface area contributed by atoms with E-state index in [4.69, 9.17) is 9.15 Å². The van der Waals surface area contributed by atoms with Crippen LogP contribution in [0.25, 0.3) is 11.0 Å². The van der Waals surface area contributed by atoms with Crippen molar-refractivity contribution in [2.24, 2.45) is 0 Å². The minimum atomic E-state index is -0.997. The molecular formula is C13H12O4. The van der Waals surface area contributed by atoms with Crippen LogP contribution in [0.4, 0.5) is 0 Å². The van der Waals surface area contributed by atoms with E-state index in [-0.39, 0.29) is 13.2 Å². The number of aliphatic carboxylic acids is 1. The van der Waals surface area contributed by atoms with Gasteiger partial charge < -0.3 is 14.3 Å². The third-order valence-electron chi connectivity index (χ3n) is 3.38. The summed E-state index contributed by atoms with van der Waals surface area (Å²) in [6.45, 7) is 2.26. The highest BCUT2D eigenvalue weighted by Gasteiger charge is 2.51. The Balaban J connectivity index is 2.24. The second-order valence-electron chi connectivity index (χ2n) is 4.43. The number of furan rings is 1. The Morgan fingerprint density at radius 1 is 1.35 bits per heavy atom. The van der Waals surface area contributed by atoms with Crippen LogP contribution in [0.5, 0.6) is 0 Å². The molecule has 0 atom stereocenters. The zero-order valence-electron chi connectivity index (χ0n) is 9.40. The Bertz CT molecular complexity index is 592. The molecule has 0 bridgehead atoms. The highest BCUT2D eigenvalue weighted by atomic mass is 16.5. The second kappa shape index (κ2) is 3.34. The molecule has 0 saturated carbocycles. The predicted molar refractivity (Wildman–Crippen MR) is 61.1 cm³/mol. The largest absolute Gasteiger partial charge is 0.480 e. The molecule has 0 radical (unpaired) electrons. The van der Waals surface area contributed by atoms with Crippen molar-refractivity contribution in [3.05, 3.63) is 35.6 Å². The SMILES string of the molecule is Cc1c(C2(C(=O)O)COC2)oc2ccccc12. The number of rotatable bonds is 2. The van der Waals surface area contributed by atoms with Gasteiger partial charge in [0.1, 0.15) is 11.3 Å². The second-order valence-corrected chi connectivity index (χ2v) is 4.43. The average molecular weight is 232 g/mol. The third-order valence-corrected chi connectivity index (χ3v) is 3.38. The molecule has 1 fully saturated rings. The van der Waals surface area contributed by atoms with Gasteiger partial charge in [-0.25, -0.2) is 0 Å². The summed E-state index contributed by atoms with van der Waals surface area (Å²) in [6, 6.07) is 7.58. The molecule has 3 rings (SSSR count). The molecule has 2 aromatic rings. The van der Waals surface area contributed by atoms with E-state index in [1.54, 1.807) is 0 Å². The molecular weight excluding hydrogens is 220 g/mol. The van der Waals surface area contributed by atoms with E-state index >= 15 is 0 Å². The first-order valence-electron chi connectivity index (χ1n) is 5.45. The normalized spacial score (nSPS) is 17.9. The molecule has 0 amide bonds. The fourth-order valence-corrected chi connectivity index (χ4v) is 2.29. The van der Waals surface area contributed by atoms with Crippen molar-refractivity contribution < 1.29 is 19.1 Å². The predicted octanol–water partition coefficient (Wildman–Crippen LogP) is 2.09. The summed E-state index contributed by atoms with van der Waals surface area (Å²) in [5.74, 6) is -0.358. The van der Waals surface area contributed by atoms with Gasteiger partial charge in [0.05, 0.1) is 13.2 Å². The highest BCUT2D eigenvalue weighted by Crippen LogP contribution is 2.39. The Kier molecular flexibility index (Phi) is 2.03. The molecule has 0 aliphatic carbocycles. The fourth-order valence-electron chi connectivity index (χ4n) is 2.29. The minimum Gasteiger partial charge on any atom is -0.480 e. The van der Waals surface area contributed by atoms with Crippen molar-refractivity contribution in [3.8, 4) is 0 Å². The molecule has 1 aliphatic heterocycles. The van der Waals surface area contributed by atoms with Crippen LogP contribution in [0.1, 0.15) is 11.3 Å². The molecule has 0 unspecified atom stereocenters. The summed E-state index contributed by atoms with van der Waals surface area (Å²) in [4.78, 5) is 11.4. The summed E-state index contributed by atoms with van der Waals surface area (Å²) in [6.07, 6.45) is 0. The van der Waals surface area contributed by atoms with Crippen LogP contribution in [0, 0.1) is 6.92 Å². The molecule has 17 heavy (non-hydrogen) atoms. The third kappa shape index (κ3) is 1.24. The zero-order chi connectivity index (χ0) is 12.0. The monoisotopic (exact) mass is 232 g/mol. The lowest BCUT2D eigenvalue weighted by Crippen LogP contribution is -2.53. The number of benzene rings is 1. The molecule has 0 spiro atoms. The van der Waals surface area contributed by atoms with Crippen LogP contribution in [0.2, 0.25) is 0 Å². The summed E-state index contributed by atoms with van der Waals surface area (Å²) < 4.78 is 10.8. The number of ether oxygens (including phenoxy) is 1. The van der Waals surface area contributed by atoms with Crippen LogP contribution in [-0.2, 0) is 14.9 Å². The van der Waals surface area contributed by atoms with Crippen molar-refractivity contribution in [3.63, 3.8) is 0 Å². The van der Waals surface area contributed by atoms with Gasteiger partial charge in [-0.15, -0.1) is 0 Å². The lowest BCUT2D eigenvalue weighted by atomic mass is 9.81. The van der Waals surface area contributed by atoms with E-state index in [2.05, 4.69) is 0 Å². The summed E-state index contributed by atoms with van der Waals surface area (Å²) in [5.41, 5.74) is 0.627. The molecule has 1 aromatic heterocycles. The van der Waals surface area contributed by atoms with Crippen molar-refractivity contribution >= 4 is 16.9 Å². The fraction of sp³-hybridized carbons (Fsp3) is 0.308. The first kappa shape index (κ1) is 10.4. The van der Waals surface area contributed by atoms with Gasteiger partial charge in [-0.3, -0.25) is 4.79 Å². The van der Waals surface area contributed by atoms with Gasteiger partial charge in [0.25, 0.3) is 0 Å². The molecule has 4 heteroatoms. The maximum absolute atomic E-state index is 11.4. The number of carbonyl (C=O) groups is 1. The molecule has 1 N–H and O–H groups in total. The van der Waals surface area contributed by atoms with Crippen LogP contribution < -0.4 is 0 Å². The lowest BCUT2D eigenvalue weighted by Gasteiger charge is -2.35. The van der Waals surface area contributed by atoms with Crippen molar-refractivity contribution in [1.29, 1.82) is 0 Å². The van der Waals surface area contributed by atoms with Gasteiger partial charge in [-0.05, 0) is 18.6 Å². The van der Waals surface area contributed by atoms with E-state index in [1.165, 1.54) is 0 Å². The number of aryl methyl sites for hydroxylation is 1. The van der Waals surface area contributed by atoms with Crippen molar-refractivity contribution in [2.75, 3.05) is 13.2 Å². The molecule has 1 aromatic carbocycles.